The van der Waals surface area contributed by atoms with Crippen molar-refractivity contribution in [1.82, 2.24) is 4.90 Å². The van der Waals surface area contributed by atoms with Crippen LogP contribution in [0.5, 0.6) is 0 Å². The number of anilines is 2. The maximum atomic E-state index is 13.8. The number of fused-ring (bicyclic) bond motifs is 1. The van der Waals surface area contributed by atoms with Crippen molar-refractivity contribution in [3.8, 4) is 0 Å². The minimum absolute atomic E-state index is 0.121. The lowest BCUT2D eigenvalue weighted by atomic mass is 10.1. The quantitative estimate of drug-likeness (QED) is 0.389. The van der Waals surface area contributed by atoms with Crippen molar-refractivity contribution in [2.75, 3.05) is 23.8 Å². The van der Waals surface area contributed by atoms with E-state index in [1.165, 1.54) is 17.8 Å². The summed E-state index contributed by atoms with van der Waals surface area (Å²) in [6, 6.07) is 22.6. The molecule has 0 saturated carbocycles. The van der Waals surface area contributed by atoms with E-state index in [4.69, 9.17) is 4.99 Å². The van der Waals surface area contributed by atoms with Crippen LogP contribution >= 0.6 is 23.5 Å². The van der Waals surface area contributed by atoms with Gasteiger partial charge in [0.25, 0.3) is 5.91 Å². The highest BCUT2D eigenvalue weighted by Gasteiger charge is 2.39. The molecule has 1 saturated heterocycles. The Morgan fingerprint density at radius 2 is 1.78 bits per heavy atom. The van der Waals surface area contributed by atoms with E-state index in [2.05, 4.69) is 5.32 Å². The zero-order chi connectivity index (χ0) is 25.2. The molecule has 9 heteroatoms. The molecule has 7 nitrogen and oxygen atoms in total. The molecule has 2 aliphatic rings. The van der Waals surface area contributed by atoms with Gasteiger partial charge in [0, 0.05) is 18.5 Å². The number of carboxylic acids is 1. The summed E-state index contributed by atoms with van der Waals surface area (Å²) in [5.41, 5.74) is 3.37. The van der Waals surface area contributed by atoms with E-state index in [1.807, 2.05) is 73.5 Å². The molecule has 182 valence electrons. The minimum atomic E-state index is -1.03. The third-order valence-electron chi connectivity index (χ3n) is 5.81. The van der Waals surface area contributed by atoms with Crippen LogP contribution in [0, 0.1) is 0 Å². The Morgan fingerprint density at radius 3 is 2.50 bits per heavy atom. The van der Waals surface area contributed by atoms with Crippen LogP contribution in [-0.4, -0.2) is 40.6 Å². The van der Waals surface area contributed by atoms with Crippen LogP contribution in [0.25, 0.3) is 0 Å². The highest BCUT2D eigenvalue weighted by Crippen LogP contribution is 2.50. The van der Waals surface area contributed by atoms with Gasteiger partial charge in [-0.2, -0.15) is 0 Å². The molecule has 2 N–H and O–H groups in total. The van der Waals surface area contributed by atoms with Crippen molar-refractivity contribution in [3.05, 3.63) is 93.9 Å². The largest absolute Gasteiger partial charge is 0.478 e. The van der Waals surface area contributed by atoms with Crippen LogP contribution in [0.4, 0.5) is 17.1 Å². The number of carbonyl (C=O) groups is 2. The van der Waals surface area contributed by atoms with Crippen LogP contribution in [0.1, 0.15) is 22.8 Å². The summed E-state index contributed by atoms with van der Waals surface area (Å²) in [5.74, 6) is -1.15. The summed E-state index contributed by atoms with van der Waals surface area (Å²) in [4.78, 5) is 35.7. The molecule has 5 rings (SSSR count). The third kappa shape index (κ3) is 4.59. The number of nitrogens with zero attached hydrogens (tertiary/aromatic N) is 3. The summed E-state index contributed by atoms with van der Waals surface area (Å²) >= 11 is 2.89. The number of carboxylic acid groups (broad SMARTS) is 1. The molecule has 0 bridgehead atoms. The number of hydrogen-bond acceptors (Lipinski definition) is 7. The van der Waals surface area contributed by atoms with Crippen molar-refractivity contribution in [1.29, 1.82) is 0 Å². The molecular weight excluding hydrogens is 492 g/mol. The lowest BCUT2D eigenvalue weighted by molar-refractivity contribution is -0.122. The number of amides is 1. The Labute approximate surface area is 217 Å². The molecule has 0 atom stereocenters. The number of carbonyl (C=O) groups excluding carboxylic acids is 1. The van der Waals surface area contributed by atoms with E-state index in [0.717, 1.165) is 21.2 Å². The number of thioether (sulfide) groups is 2. The molecule has 0 aliphatic carbocycles. The van der Waals surface area contributed by atoms with Crippen molar-refractivity contribution < 1.29 is 14.7 Å². The SMILES string of the molecule is CCNc1ccc(C(=O)O)cc1/N=C1\S/C(=C2\Sc3ccccc3N2C)C(=O)N1Cc1ccccc1. The molecule has 2 aliphatic heterocycles. The van der Waals surface area contributed by atoms with Gasteiger partial charge < -0.3 is 15.3 Å². The zero-order valence-electron chi connectivity index (χ0n) is 19.8. The molecule has 36 heavy (non-hydrogen) atoms. The van der Waals surface area contributed by atoms with E-state index in [9.17, 15) is 14.7 Å². The number of hydrogen-bond donors (Lipinski definition) is 2. The maximum Gasteiger partial charge on any atom is 0.335 e. The Bertz CT molecular complexity index is 1410. The van der Waals surface area contributed by atoms with E-state index in [1.54, 1.807) is 28.8 Å². The Morgan fingerprint density at radius 1 is 1.03 bits per heavy atom. The molecule has 0 unspecified atom stereocenters. The fraction of sp³-hybridized carbons (Fsp3) is 0.148. The van der Waals surface area contributed by atoms with Gasteiger partial charge in [0.05, 0.1) is 34.2 Å². The van der Waals surface area contributed by atoms with E-state index in [-0.39, 0.29) is 11.5 Å². The van der Waals surface area contributed by atoms with Gasteiger partial charge in [0.1, 0.15) is 4.91 Å². The smallest absolute Gasteiger partial charge is 0.335 e. The average Bonchev–Trinajstić information content (AvgIpc) is 3.37. The standard InChI is InChI=1S/C27H24N4O3S2/c1-3-28-19-14-13-18(26(33)34)15-20(19)29-27-31(16-17-9-5-4-6-10-17)24(32)23(36-27)25-30(2)21-11-7-8-12-22(21)35-25/h4-15,28H,3,16H2,1-2H3,(H,33,34)/b25-23-,29-27-. The van der Waals surface area contributed by atoms with Gasteiger partial charge in [-0.05, 0) is 54.6 Å². The Balaban J connectivity index is 1.60. The van der Waals surface area contributed by atoms with Crippen molar-refractivity contribution >= 4 is 57.6 Å². The highest BCUT2D eigenvalue weighted by atomic mass is 32.2. The maximum absolute atomic E-state index is 13.8. The molecule has 1 amide bonds. The summed E-state index contributed by atoms with van der Waals surface area (Å²) < 4.78 is 0. The van der Waals surface area contributed by atoms with Gasteiger partial charge in [0.15, 0.2) is 5.17 Å². The number of amidine groups is 1. The van der Waals surface area contributed by atoms with Gasteiger partial charge in [-0.25, -0.2) is 9.79 Å². The number of aliphatic imine (C=N–C) groups is 1. The predicted molar refractivity (Wildman–Crippen MR) is 147 cm³/mol. The summed E-state index contributed by atoms with van der Waals surface area (Å²) in [6.45, 7) is 2.97. The van der Waals surface area contributed by atoms with E-state index in [0.29, 0.717) is 34.5 Å². The van der Waals surface area contributed by atoms with Crippen LogP contribution < -0.4 is 10.2 Å². The average molecular weight is 517 g/mol. The molecule has 3 aromatic carbocycles. The first kappa shape index (κ1) is 24.0. The van der Waals surface area contributed by atoms with Crippen LogP contribution in [-0.2, 0) is 11.3 Å². The second kappa shape index (κ2) is 10.1. The van der Waals surface area contributed by atoms with Gasteiger partial charge in [-0.3, -0.25) is 9.69 Å². The second-order valence-electron chi connectivity index (χ2n) is 8.20. The zero-order valence-corrected chi connectivity index (χ0v) is 21.4. The van der Waals surface area contributed by atoms with Gasteiger partial charge in [-0.15, -0.1) is 0 Å². The van der Waals surface area contributed by atoms with E-state index < -0.39 is 5.97 Å². The van der Waals surface area contributed by atoms with Crippen LogP contribution in [0.2, 0.25) is 0 Å². The first-order chi connectivity index (χ1) is 17.5. The molecule has 0 aromatic heterocycles. The summed E-state index contributed by atoms with van der Waals surface area (Å²) in [6.07, 6.45) is 0. The van der Waals surface area contributed by atoms with Crippen LogP contribution in [0.3, 0.4) is 0 Å². The normalized spacial score (nSPS) is 18.2. The number of aromatic carboxylic acids is 1. The minimum Gasteiger partial charge on any atom is -0.478 e. The molecule has 0 radical (unpaired) electrons. The summed E-state index contributed by atoms with van der Waals surface area (Å²) in [7, 11) is 1.96. The van der Waals surface area contributed by atoms with Crippen LogP contribution in [0.15, 0.2) is 92.6 Å². The fourth-order valence-electron chi connectivity index (χ4n) is 4.02. The van der Waals surface area contributed by atoms with Crippen molar-refractivity contribution in [2.24, 2.45) is 4.99 Å². The Hall–Kier alpha value is -3.69. The predicted octanol–water partition coefficient (Wildman–Crippen LogP) is 5.99. The lowest BCUT2D eigenvalue weighted by Gasteiger charge is -2.17. The first-order valence-electron chi connectivity index (χ1n) is 11.4. The lowest BCUT2D eigenvalue weighted by Crippen LogP contribution is -2.29. The second-order valence-corrected chi connectivity index (χ2v) is 10.2. The monoisotopic (exact) mass is 516 g/mol. The molecular formula is C27H24N4O3S2. The van der Waals surface area contributed by atoms with Gasteiger partial charge >= 0.3 is 5.97 Å². The highest BCUT2D eigenvalue weighted by molar-refractivity contribution is 8.19. The number of para-hydroxylation sites is 1. The molecule has 3 aromatic rings. The molecule has 2 heterocycles. The van der Waals surface area contributed by atoms with Gasteiger partial charge in [0.2, 0.25) is 0 Å². The number of benzene rings is 3. The van der Waals surface area contributed by atoms with Gasteiger partial charge in [-0.1, -0.05) is 54.2 Å². The van der Waals surface area contributed by atoms with E-state index >= 15 is 0 Å². The summed E-state index contributed by atoms with van der Waals surface area (Å²) in [5, 5.41) is 14.1. The third-order valence-corrected chi connectivity index (χ3v) is 8.24. The number of rotatable bonds is 6. The van der Waals surface area contributed by atoms with Crippen molar-refractivity contribution in [3.63, 3.8) is 0 Å². The van der Waals surface area contributed by atoms with Crippen molar-refractivity contribution in [2.45, 2.75) is 18.4 Å². The fourth-order valence-corrected chi connectivity index (χ4v) is 6.36. The first-order valence-corrected chi connectivity index (χ1v) is 13.1. The number of nitrogens with one attached hydrogen (secondary N) is 1. The molecule has 1 fully saturated rings. The Kier molecular flexibility index (Phi) is 6.75. The molecule has 0 spiro atoms. The topological polar surface area (TPSA) is 85.2 Å².